The van der Waals surface area contributed by atoms with Gasteiger partial charge in [-0.05, 0) is 17.7 Å². The molecule has 0 unspecified atom stereocenters. The molecule has 3 heteroatoms. The molecular weight excluding hydrogens is 239 g/mol. The van der Waals surface area contributed by atoms with Gasteiger partial charge in [-0.2, -0.15) is 0 Å². The Morgan fingerprint density at radius 3 is 2.83 bits per heavy atom. The number of benzene rings is 1. The first kappa shape index (κ1) is 9.78. The van der Waals surface area contributed by atoms with Crippen molar-refractivity contribution in [2.45, 2.75) is 0 Å². The van der Waals surface area contributed by atoms with Crippen LogP contribution in [0, 0.1) is 0 Å². The predicted molar refractivity (Wildman–Crippen MR) is 55.3 cm³/mol. The SMILES string of the molecule is OC/C=C/c1ccc(Cl)cc1Br. The number of halogens is 2. The fourth-order valence-corrected chi connectivity index (χ4v) is 1.63. The van der Waals surface area contributed by atoms with Crippen LogP contribution in [0.2, 0.25) is 5.02 Å². The third kappa shape index (κ3) is 2.63. The van der Waals surface area contributed by atoms with Crippen molar-refractivity contribution in [3.8, 4) is 0 Å². The Labute approximate surface area is 84.8 Å². The topological polar surface area (TPSA) is 20.2 Å². The van der Waals surface area contributed by atoms with Crippen LogP contribution in [0.25, 0.3) is 6.08 Å². The minimum atomic E-state index is 0.0507. The summed E-state index contributed by atoms with van der Waals surface area (Å²) in [6, 6.07) is 5.51. The second-order valence-corrected chi connectivity index (χ2v) is 3.54. The van der Waals surface area contributed by atoms with Crippen molar-refractivity contribution in [1.82, 2.24) is 0 Å². The summed E-state index contributed by atoms with van der Waals surface area (Å²) in [6.45, 7) is 0.0507. The van der Waals surface area contributed by atoms with Crippen LogP contribution in [0.3, 0.4) is 0 Å². The van der Waals surface area contributed by atoms with Gasteiger partial charge in [-0.15, -0.1) is 0 Å². The summed E-state index contributed by atoms with van der Waals surface area (Å²) in [5.41, 5.74) is 1.01. The Morgan fingerprint density at radius 2 is 2.25 bits per heavy atom. The zero-order chi connectivity index (χ0) is 8.97. The van der Waals surface area contributed by atoms with Gasteiger partial charge in [-0.3, -0.25) is 0 Å². The molecule has 0 atom stereocenters. The van der Waals surface area contributed by atoms with Crippen molar-refractivity contribution in [2.75, 3.05) is 6.61 Å². The lowest BCUT2D eigenvalue weighted by atomic mass is 10.2. The zero-order valence-electron chi connectivity index (χ0n) is 6.30. The van der Waals surface area contributed by atoms with Gasteiger partial charge in [-0.1, -0.05) is 45.7 Å². The zero-order valence-corrected chi connectivity index (χ0v) is 8.64. The van der Waals surface area contributed by atoms with E-state index in [4.69, 9.17) is 16.7 Å². The van der Waals surface area contributed by atoms with Crippen LogP contribution in [0.4, 0.5) is 0 Å². The van der Waals surface area contributed by atoms with E-state index in [2.05, 4.69) is 15.9 Å². The van der Waals surface area contributed by atoms with E-state index < -0.39 is 0 Å². The second kappa shape index (κ2) is 4.65. The highest BCUT2D eigenvalue weighted by atomic mass is 79.9. The first-order valence-electron chi connectivity index (χ1n) is 3.46. The summed E-state index contributed by atoms with van der Waals surface area (Å²) in [5.74, 6) is 0. The summed E-state index contributed by atoms with van der Waals surface area (Å²) in [5, 5.41) is 9.24. The average Bonchev–Trinajstić information content (AvgIpc) is 2.03. The number of hydrogen-bond donors (Lipinski definition) is 1. The molecule has 1 aromatic rings. The molecule has 0 aliphatic rings. The number of hydrogen-bond acceptors (Lipinski definition) is 1. The van der Waals surface area contributed by atoms with Gasteiger partial charge in [0.2, 0.25) is 0 Å². The maximum Gasteiger partial charge on any atom is 0.0615 e. The van der Waals surface area contributed by atoms with Crippen LogP contribution >= 0.6 is 27.5 Å². The molecule has 0 radical (unpaired) electrons. The van der Waals surface area contributed by atoms with E-state index in [1.54, 1.807) is 6.08 Å². The van der Waals surface area contributed by atoms with Gasteiger partial charge in [0, 0.05) is 9.50 Å². The van der Waals surface area contributed by atoms with E-state index in [1.807, 2.05) is 24.3 Å². The Bertz CT molecular complexity index is 297. The molecule has 0 saturated heterocycles. The molecule has 0 aromatic heterocycles. The van der Waals surface area contributed by atoms with Crippen LogP contribution < -0.4 is 0 Å². The van der Waals surface area contributed by atoms with E-state index in [0.717, 1.165) is 10.0 Å². The first-order chi connectivity index (χ1) is 5.74. The molecule has 0 heterocycles. The molecule has 0 spiro atoms. The number of aliphatic hydroxyl groups is 1. The van der Waals surface area contributed by atoms with Crippen molar-refractivity contribution in [1.29, 1.82) is 0 Å². The number of aliphatic hydroxyl groups excluding tert-OH is 1. The lowest BCUT2D eigenvalue weighted by Crippen LogP contribution is -1.77. The van der Waals surface area contributed by atoms with E-state index in [1.165, 1.54) is 0 Å². The fraction of sp³-hybridized carbons (Fsp3) is 0.111. The van der Waals surface area contributed by atoms with Crippen molar-refractivity contribution < 1.29 is 5.11 Å². The largest absolute Gasteiger partial charge is 0.392 e. The molecule has 1 rings (SSSR count). The van der Waals surface area contributed by atoms with E-state index in [0.29, 0.717) is 5.02 Å². The minimum Gasteiger partial charge on any atom is -0.392 e. The van der Waals surface area contributed by atoms with Crippen LogP contribution in [0.15, 0.2) is 28.7 Å². The van der Waals surface area contributed by atoms with Crippen LogP contribution in [0.1, 0.15) is 5.56 Å². The first-order valence-corrected chi connectivity index (χ1v) is 4.63. The second-order valence-electron chi connectivity index (χ2n) is 2.25. The Balaban J connectivity index is 2.94. The highest BCUT2D eigenvalue weighted by Gasteiger charge is 1.95. The third-order valence-corrected chi connectivity index (χ3v) is 2.29. The number of rotatable bonds is 2. The lowest BCUT2D eigenvalue weighted by molar-refractivity contribution is 0.343. The molecule has 12 heavy (non-hydrogen) atoms. The van der Waals surface area contributed by atoms with Crippen molar-refractivity contribution in [3.63, 3.8) is 0 Å². The predicted octanol–water partition coefficient (Wildman–Crippen LogP) is 3.11. The van der Waals surface area contributed by atoms with Gasteiger partial charge in [0.25, 0.3) is 0 Å². The average molecular weight is 248 g/mol. The normalized spacial score (nSPS) is 10.9. The highest BCUT2D eigenvalue weighted by molar-refractivity contribution is 9.10. The molecule has 1 aromatic carbocycles. The van der Waals surface area contributed by atoms with Gasteiger partial charge in [0.05, 0.1) is 6.61 Å². The Kier molecular flexibility index (Phi) is 3.79. The summed E-state index contributed by atoms with van der Waals surface area (Å²) in [4.78, 5) is 0. The molecule has 0 fully saturated rings. The maximum absolute atomic E-state index is 8.54. The lowest BCUT2D eigenvalue weighted by Gasteiger charge is -1.97. The van der Waals surface area contributed by atoms with E-state index in [-0.39, 0.29) is 6.61 Å². The monoisotopic (exact) mass is 246 g/mol. The molecule has 0 saturated carbocycles. The van der Waals surface area contributed by atoms with Crippen molar-refractivity contribution in [3.05, 3.63) is 39.3 Å². The quantitative estimate of drug-likeness (QED) is 0.851. The van der Waals surface area contributed by atoms with E-state index in [9.17, 15) is 0 Å². The van der Waals surface area contributed by atoms with Crippen LogP contribution in [0.5, 0.6) is 0 Å². The van der Waals surface area contributed by atoms with Gasteiger partial charge < -0.3 is 5.11 Å². The van der Waals surface area contributed by atoms with Gasteiger partial charge in [-0.25, -0.2) is 0 Å². The molecule has 0 aliphatic carbocycles. The summed E-state index contributed by atoms with van der Waals surface area (Å²) < 4.78 is 0.930. The van der Waals surface area contributed by atoms with Gasteiger partial charge >= 0.3 is 0 Å². The van der Waals surface area contributed by atoms with Crippen molar-refractivity contribution in [2.24, 2.45) is 0 Å². The van der Waals surface area contributed by atoms with Gasteiger partial charge in [0.15, 0.2) is 0 Å². The summed E-state index contributed by atoms with van der Waals surface area (Å²) >= 11 is 9.11. The maximum atomic E-state index is 8.54. The highest BCUT2D eigenvalue weighted by Crippen LogP contribution is 2.22. The molecular formula is C9H8BrClO. The standard InChI is InChI=1S/C9H8BrClO/c10-9-6-8(11)4-3-7(9)2-1-5-12/h1-4,6,12H,5H2/b2-1+. The Morgan fingerprint density at radius 1 is 1.50 bits per heavy atom. The summed E-state index contributed by atoms with van der Waals surface area (Å²) in [7, 11) is 0. The smallest absolute Gasteiger partial charge is 0.0615 e. The molecule has 64 valence electrons. The molecule has 1 N–H and O–H groups in total. The van der Waals surface area contributed by atoms with Gasteiger partial charge in [0.1, 0.15) is 0 Å². The third-order valence-electron chi connectivity index (χ3n) is 1.37. The molecule has 0 bridgehead atoms. The van der Waals surface area contributed by atoms with Crippen LogP contribution in [-0.2, 0) is 0 Å². The fourth-order valence-electron chi connectivity index (χ4n) is 0.816. The molecule has 1 nitrogen and oxygen atoms in total. The van der Waals surface area contributed by atoms with Crippen molar-refractivity contribution >= 4 is 33.6 Å². The van der Waals surface area contributed by atoms with Crippen LogP contribution in [-0.4, -0.2) is 11.7 Å². The Hall–Kier alpha value is -0.310. The molecule has 0 amide bonds. The minimum absolute atomic E-state index is 0.0507. The van der Waals surface area contributed by atoms with E-state index >= 15 is 0 Å². The summed E-state index contributed by atoms with van der Waals surface area (Å²) in [6.07, 6.45) is 3.51. The molecule has 0 aliphatic heterocycles.